The van der Waals surface area contributed by atoms with E-state index in [9.17, 15) is 19.5 Å². The highest BCUT2D eigenvalue weighted by atomic mass is 16.6. The van der Waals surface area contributed by atoms with Crippen LogP contribution in [0.4, 0.5) is 0 Å². The second-order valence-electron chi connectivity index (χ2n) is 10.1. The number of hydrogen-bond acceptors (Lipinski definition) is 9. The third kappa shape index (κ3) is 3.01. The molecule has 2 saturated heterocycles. The molecule has 4 fully saturated rings. The molecule has 9 nitrogen and oxygen atoms in total. The Balaban J connectivity index is 1.61. The van der Waals surface area contributed by atoms with Gasteiger partial charge in [-0.2, -0.15) is 0 Å². The fourth-order valence-corrected chi connectivity index (χ4v) is 7.16. The molecule has 0 bridgehead atoms. The van der Waals surface area contributed by atoms with Gasteiger partial charge in [0.05, 0.1) is 36.1 Å². The van der Waals surface area contributed by atoms with Crippen molar-refractivity contribution in [3.05, 3.63) is 24.2 Å². The molecule has 2 aliphatic carbocycles. The number of cyclic esters (lactones) is 1. The van der Waals surface area contributed by atoms with Gasteiger partial charge < -0.3 is 28.5 Å². The second-order valence-corrected chi connectivity index (χ2v) is 10.1. The molecule has 2 spiro atoms. The molecule has 3 heterocycles. The summed E-state index contributed by atoms with van der Waals surface area (Å²) < 4.78 is 28.3. The number of rotatable bonds is 4. The Hall–Kier alpha value is -2.39. The number of fused-ring (bicyclic) bond motifs is 3. The third-order valence-electron chi connectivity index (χ3n) is 8.67. The molecule has 1 aromatic heterocycles. The van der Waals surface area contributed by atoms with E-state index in [0.717, 1.165) is 5.56 Å². The summed E-state index contributed by atoms with van der Waals surface area (Å²) in [5.74, 6) is -1.80. The number of ether oxygens (including phenoxy) is 4. The van der Waals surface area contributed by atoms with Crippen molar-refractivity contribution in [1.82, 2.24) is 0 Å². The number of carbonyl (C=O) groups excluding carboxylic acids is 3. The average molecular weight is 462 g/mol. The molecule has 0 radical (unpaired) electrons. The van der Waals surface area contributed by atoms with Crippen LogP contribution in [0.2, 0.25) is 0 Å². The molecule has 0 unspecified atom stereocenters. The molecule has 4 aliphatic rings. The van der Waals surface area contributed by atoms with Crippen LogP contribution < -0.4 is 0 Å². The van der Waals surface area contributed by atoms with Gasteiger partial charge in [0.25, 0.3) is 0 Å². The van der Waals surface area contributed by atoms with Crippen molar-refractivity contribution in [2.45, 2.75) is 70.4 Å². The molecule has 0 amide bonds. The van der Waals surface area contributed by atoms with Gasteiger partial charge in [0.1, 0.15) is 24.4 Å². The standard InChI is InChI=1S/C24H30O9/c1-13-8-19(27)23(11-30-14(2)25)18(4-5-20(32-15(3)26)24(23)12-31-24)22(13)9-17(33-21(22)28)16-6-7-29-10-16/h6-7,10,13,17-20,27H,4-5,8-9,11-12H2,1-3H3/t13-,17+,18-,19-,20+,22-,23+,24-/m1/s1. The van der Waals surface area contributed by atoms with E-state index in [1.807, 2.05) is 6.92 Å². The van der Waals surface area contributed by atoms with Crippen LogP contribution in [0.1, 0.15) is 58.1 Å². The maximum Gasteiger partial charge on any atom is 0.313 e. The molecule has 1 N–H and O–H groups in total. The zero-order chi connectivity index (χ0) is 23.6. The second kappa shape index (κ2) is 7.56. The number of furan rings is 1. The summed E-state index contributed by atoms with van der Waals surface area (Å²) in [6, 6.07) is 1.79. The number of carbonyl (C=O) groups is 3. The van der Waals surface area contributed by atoms with Crippen LogP contribution >= 0.6 is 0 Å². The predicted octanol–water partition coefficient (Wildman–Crippen LogP) is 2.31. The maximum absolute atomic E-state index is 13.6. The summed E-state index contributed by atoms with van der Waals surface area (Å²) in [7, 11) is 0. The van der Waals surface area contributed by atoms with Gasteiger partial charge in [0.15, 0.2) is 0 Å². The van der Waals surface area contributed by atoms with Gasteiger partial charge in [0, 0.05) is 25.8 Å². The van der Waals surface area contributed by atoms with Crippen LogP contribution in [-0.2, 0) is 33.3 Å². The van der Waals surface area contributed by atoms with Gasteiger partial charge in [0.2, 0.25) is 0 Å². The van der Waals surface area contributed by atoms with Gasteiger partial charge in [-0.25, -0.2) is 0 Å². The lowest BCUT2D eigenvalue weighted by Crippen LogP contribution is -2.71. The Labute approximate surface area is 191 Å². The van der Waals surface area contributed by atoms with Crippen LogP contribution in [0.5, 0.6) is 0 Å². The molecule has 2 saturated carbocycles. The van der Waals surface area contributed by atoms with E-state index in [1.54, 1.807) is 18.6 Å². The summed E-state index contributed by atoms with van der Waals surface area (Å²) in [4.78, 5) is 37.4. The average Bonchev–Trinajstić information content (AvgIpc) is 3.19. The lowest BCUT2D eigenvalue weighted by Gasteiger charge is -2.61. The van der Waals surface area contributed by atoms with E-state index in [4.69, 9.17) is 23.4 Å². The minimum atomic E-state index is -1.10. The van der Waals surface area contributed by atoms with Gasteiger partial charge in [-0.15, -0.1) is 0 Å². The normalized spacial score (nSPS) is 43.8. The summed E-state index contributed by atoms with van der Waals surface area (Å²) in [5, 5.41) is 11.6. The van der Waals surface area contributed by atoms with Crippen LogP contribution in [0, 0.1) is 22.7 Å². The minimum absolute atomic E-state index is 0.121. The number of esters is 3. The van der Waals surface area contributed by atoms with Crippen molar-refractivity contribution >= 4 is 17.9 Å². The van der Waals surface area contributed by atoms with Gasteiger partial charge in [-0.3, -0.25) is 14.4 Å². The van der Waals surface area contributed by atoms with E-state index in [1.165, 1.54) is 13.8 Å². The van der Waals surface area contributed by atoms with Crippen molar-refractivity contribution in [2.24, 2.45) is 22.7 Å². The Bertz CT molecular complexity index is 951. The largest absolute Gasteiger partial charge is 0.472 e. The Morgan fingerprint density at radius 3 is 2.61 bits per heavy atom. The first-order valence-electron chi connectivity index (χ1n) is 11.5. The lowest BCUT2D eigenvalue weighted by atomic mass is 9.42. The minimum Gasteiger partial charge on any atom is -0.472 e. The fourth-order valence-electron chi connectivity index (χ4n) is 7.16. The number of aliphatic hydroxyl groups excluding tert-OH is 1. The molecule has 9 heteroatoms. The highest BCUT2D eigenvalue weighted by Crippen LogP contribution is 2.71. The monoisotopic (exact) mass is 462 g/mol. The van der Waals surface area contributed by atoms with Crippen LogP contribution in [0.3, 0.4) is 0 Å². The van der Waals surface area contributed by atoms with Crippen molar-refractivity contribution in [1.29, 1.82) is 0 Å². The van der Waals surface area contributed by atoms with Gasteiger partial charge in [-0.1, -0.05) is 6.92 Å². The maximum atomic E-state index is 13.6. The molecule has 2 aliphatic heterocycles. The van der Waals surface area contributed by atoms with Crippen molar-refractivity contribution in [3.8, 4) is 0 Å². The highest BCUT2D eigenvalue weighted by molar-refractivity contribution is 5.81. The van der Waals surface area contributed by atoms with Crippen LogP contribution in [0.15, 0.2) is 23.0 Å². The van der Waals surface area contributed by atoms with E-state index in [0.29, 0.717) is 25.7 Å². The first-order valence-corrected chi connectivity index (χ1v) is 11.5. The molecular weight excluding hydrogens is 432 g/mol. The number of aliphatic hydroxyl groups is 1. The van der Waals surface area contributed by atoms with Crippen LogP contribution in [0.25, 0.3) is 0 Å². The summed E-state index contributed by atoms with van der Waals surface area (Å²) in [5.41, 5.74) is -2.23. The fraction of sp³-hybridized carbons (Fsp3) is 0.708. The molecular formula is C24H30O9. The van der Waals surface area contributed by atoms with Crippen molar-refractivity contribution < 1.29 is 42.9 Å². The lowest BCUT2D eigenvalue weighted by molar-refractivity contribution is -0.241. The van der Waals surface area contributed by atoms with E-state index in [2.05, 4.69) is 0 Å². The zero-order valence-corrected chi connectivity index (χ0v) is 19.1. The smallest absolute Gasteiger partial charge is 0.313 e. The number of hydrogen-bond donors (Lipinski definition) is 1. The first-order chi connectivity index (χ1) is 15.7. The quantitative estimate of drug-likeness (QED) is 0.408. The summed E-state index contributed by atoms with van der Waals surface area (Å²) in [6.45, 7) is 4.75. The summed E-state index contributed by atoms with van der Waals surface area (Å²) in [6.07, 6.45) is 2.88. The van der Waals surface area contributed by atoms with Gasteiger partial charge >= 0.3 is 17.9 Å². The van der Waals surface area contributed by atoms with E-state index < -0.39 is 46.7 Å². The Morgan fingerprint density at radius 1 is 1.24 bits per heavy atom. The predicted molar refractivity (Wildman–Crippen MR) is 110 cm³/mol. The Kier molecular flexibility index (Phi) is 5.13. The van der Waals surface area contributed by atoms with Crippen molar-refractivity contribution in [2.75, 3.05) is 13.2 Å². The molecule has 8 atom stereocenters. The van der Waals surface area contributed by atoms with E-state index >= 15 is 0 Å². The molecule has 180 valence electrons. The van der Waals surface area contributed by atoms with Crippen molar-refractivity contribution in [3.63, 3.8) is 0 Å². The molecule has 1 aromatic rings. The van der Waals surface area contributed by atoms with Gasteiger partial charge in [-0.05, 0) is 37.2 Å². The first kappa shape index (κ1) is 22.4. The number of epoxide rings is 1. The molecule has 5 rings (SSSR count). The molecule has 0 aromatic carbocycles. The topological polar surface area (TPSA) is 125 Å². The SMILES string of the molecule is CC(=O)OC[C@@]12[C@H](O)C[C@@H](C)[C@]3(C[C@@H](c4ccoc4)OC3=O)[C@H]1CC[C@H](OC(C)=O)[C@]21CO1. The zero-order valence-electron chi connectivity index (χ0n) is 19.1. The summed E-state index contributed by atoms with van der Waals surface area (Å²) >= 11 is 0. The highest BCUT2D eigenvalue weighted by Gasteiger charge is 2.80. The third-order valence-corrected chi connectivity index (χ3v) is 8.67. The van der Waals surface area contributed by atoms with E-state index in [-0.39, 0.29) is 31.0 Å². The van der Waals surface area contributed by atoms with Crippen LogP contribution in [-0.4, -0.2) is 54.0 Å². The Morgan fingerprint density at radius 2 is 2.00 bits per heavy atom. The molecule has 33 heavy (non-hydrogen) atoms.